The minimum absolute atomic E-state index is 0.205. The van der Waals surface area contributed by atoms with Crippen molar-refractivity contribution < 1.29 is 14.3 Å². The molecule has 0 aliphatic rings. The number of hydrogen-bond acceptors (Lipinski definition) is 3. The van der Waals surface area contributed by atoms with Crippen molar-refractivity contribution in [3.05, 3.63) is 67.3 Å². The van der Waals surface area contributed by atoms with E-state index in [0.717, 1.165) is 5.75 Å². The van der Waals surface area contributed by atoms with Gasteiger partial charge in [0, 0.05) is 5.69 Å². The minimum atomic E-state index is -0.584. The average Bonchev–Trinajstić information content (AvgIpc) is 2.55. The fraction of sp³-hybridized carbons (Fsp3) is 0.167. The van der Waals surface area contributed by atoms with Crippen LogP contribution in [0.5, 0.6) is 11.5 Å². The summed E-state index contributed by atoms with van der Waals surface area (Å²) in [5.74, 6) is 1.19. The minimum Gasteiger partial charge on any atom is -0.490 e. The fourth-order valence-electron chi connectivity index (χ4n) is 1.79. The van der Waals surface area contributed by atoms with Gasteiger partial charge in [0.25, 0.3) is 5.91 Å². The number of rotatable bonds is 7. The van der Waals surface area contributed by atoms with Crippen LogP contribution in [-0.4, -0.2) is 18.6 Å². The third kappa shape index (κ3) is 4.66. The highest BCUT2D eigenvalue weighted by molar-refractivity contribution is 5.94. The normalized spacial score (nSPS) is 11.3. The molecule has 0 aliphatic carbocycles. The number of benzene rings is 2. The quantitative estimate of drug-likeness (QED) is 0.793. The van der Waals surface area contributed by atoms with Gasteiger partial charge in [-0.2, -0.15) is 0 Å². The molecule has 4 heteroatoms. The molecule has 0 radical (unpaired) electrons. The Morgan fingerprint density at radius 3 is 2.45 bits per heavy atom. The van der Waals surface area contributed by atoms with Gasteiger partial charge in [-0.15, -0.1) is 0 Å². The van der Waals surface area contributed by atoms with Crippen LogP contribution in [0.15, 0.2) is 67.3 Å². The molecule has 0 spiro atoms. The number of ether oxygens (including phenoxy) is 2. The van der Waals surface area contributed by atoms with E-state index in [0.29, 0.717) is 18.0 Å². The molecule has 2 aromatic carbocycles. The molecule has 0 bridgehead atoms. The van der Waals surface area contributed by atoms with Gasteiger partial charge in [0.15, 0.2) is 6.10 Å². The molecule has 22 heavy (non-hydrogen) atoms. The number of carbonyl (C=O) groups is 1. The van der Waals surface area contributed by atoms with Crippen molar-refractivity contribution in [1.82, 2.24) is 0 Å². The molecular weight excluding hydrogens is 278 g/mol. The first kappa shape index (κ1) is 15.6. The Kier molecular flexibility index (Phi) is 5.60. The molecule has 0 heterocycles. The summed E-state index contributed by atoms with van der Waals surface area (Å²) in [7, 11) is 0. The van der Waals surface area contributed by atoms with Gasteiger partial charge in [0.2, 0.25) is 0 Å². The molecule has 0 saturated carbocycles. The summed E-state index contributed by atoms with van der Waals surface area (Å²) < 4.78 is 11.0. The van der Waals surface area contributed by atoms with E-state index < -0.39 is 6.10 Å². The van der Waals surface area contributed by atoms with E-state index >= 15 is 0 Å². The molecule has 0 aromatic heterocycles. The van der Waals surface area contributed by atoms with Crippen LogP contribution in [0.2, 0.25) is 0 Å². The maximum absolute atomic E-state index is 12.1. The molecule has 0 saturated heterocycles. The van der Waals surface area contributed by atoms with Gasteiger partial charge in [-0.05, 0) is 43.3 Å². The highest BCUT2D eigenvalue weighted by Gasteiger charge is 2.14. The number of amides is 1. The summed E-state index contributed by atoms with van der Waals surface area (Å²) in [5, 5.41) is 2.81. The predicted octanol–water partition coefficient (Wildman–Crippen LogP) is 3.66. The van der Waals surface area contributed by atoms with Crippen LogP contribution in [0.1, 0.15) is 6.92 Å². The van der Waals surface area contributed by atoms with Gasteiger partial charge in [-0.3, -0.25) is 4.79 Å². The average molecular weight is 297 g/mol. The first-order valence-electron chi connectivity index (χ1n) is 7.05. The molecule has 1 atom stereocenters. The third-order valence-electron chi connectivity index (χ3n) is 2.91. The Bertz CT molecular complexity index is 608. The van der Waals surface area contributed by atoms with Gasteiger partial charge in [0.1, 0.15) is 18.1 Å². The molecule has 4 nitrogen and oxygen atoms in total. The van der Waals surface area contributed by atoms with Crippen molar-refractivity contribution in [3.8, 4) is 11.5 Å². The first-order chi connectivity index (χ1) is 10.7. The standard InChI is InChI=1S/C18H19NO3/c1-3-13-21-16-11-9-15(10-12-16)19-18(20)14(2)22-17-7-5-4-6-8-17/h3-12,14H,1,13H2,2H3,(H,19,20)/t14-/m0/s1. The summed E-state index contributed by atoms with van der Waals surface area (Å²) in [4.78, 5) is 12.1. The van der Waals surface area contributed by atoms with Crippen molar-refractivity contribution in [2.24, 2.45) is 0 Å². The number of para-hydroxylation sites is 1. The van der Waals surface area contributed by atoms with Crippen LogP contribution in [0.4, 0.5) is 5.69 Å². The van der Waals surface area contributed by atoms with E-state index in [9.17, 15) is 4.79 Å². The Morgan fingerprint density at radius 1 is 1.14 bits per heavy atom. The fourth-order valence-corrected chi connectivity index (χ4v) is 1.79. The van der Waals surface area contributed by atoms with Crippen molar-refractivity contribution in [2.45, 2.75) is 13.0 Å². The van der Waals surface area contributed by atoms with Gasteiger partial charge < -0.3 is 14.8 Å². The predicted molar refractivity (Wildman–Crippen MR) is 87.3 cm³/mol. The number of hydrogen-bond donors (Lipinski definition) is 1. The number of carbonyl (C=O) groups excluding carboxylic acids is 1. The lowest BCUT2D eigenvalue weighted by molar-refractivity contribution is -0.122. The lowest BCUT2D eigenvalue weighted by Gasteiger charge is -2.14. The molecule has 114 valence electrons. The molecule has 0 fully saturated rings. The highest BCUT2D eigenvalue weighted by Crippen LogP contribution is 2.17. The SMILES string of the molecule is C=CCOc1ccc(NC(=O)[C@H](C)Oc2ccccc2)cc1. The molecule has 0 aliphatic heterocycles. The summed E-state index contributed by atoms with van der Waals surface area (Å²) in [6, 6.07) is 16.4. The highest BCUT2D eigenvalue weighted by atomic mass is 16.5. The first-order valence-corrected chi connectivity index (χ1v) is 7.05. The zero-order valence-electron chi connectivity index (χ0n) is 12.5. The van der Waals surface area contributed by atoms with E-state index in [-0.39, 0.29) is 5.91 Å². The molecular formula is C18H19NO3. The largest absolute Gasteiger partial charge is 0.490 e. The van der Waals surface area contributed by atoms with E-state index in [4.69, 9.17) is 9.47 Å². The van der Waals surface area contributed by atoms with Crippen LogP contribution in [0.25, 0.3) is 0 Å². The van der Waals surface area contributed by atoms with Gasteiger partial charge in [-0.1, -0.05) is 30.9 Å². The van der Waals surface area contributed by atoms with Crippen LogP contribution >= 0.6 is 0 Å². The Balaban J connectivity index is 1.89. The zero-order valence-corrected chi connectivity index (χ0v) is 12.5. The Morgan fingerprint density at radius 2 is 1.82 bits per heavy atom. The maximum atomic E-state index is 12.1. The second-order valence-corrected chi connectivity index (χ2v) is 4.69. The van der Waals surface area contributed by atoms with Crippen LogP contribution in [0, 0.1) is 0 Å². The van der Waals surface area contributed by atoms with E-state index in [1.807, 2.05) is 30.3 Å². The van der Waals surface area contributed by atoms with Crippen LogP contribution in [0.3, 0.4) is 0 Å². The lowest BCUT2D eigenvalue weighted by atomic mass is 10.2. The van der Waals surface area contributed by atoms with E-state index in [2.05, 4.69) is 11.9 Å². The summed E-state index contributed by atoms with van der Waals surface area (Å²) in [5.41, 5.74) is 0.694. The molecule has 1 amide bonds. The van der Waals surface area contributed by atoms with Gasteiger partial charge in [-0.25, -0.2) is 0 Å². The van der Waals surface area contributed by atoms with E-state index in [1.54, 1.807) is 37.3 Å². The summed E-state index contributed by atoms with van der Waals surface area (Å²) in [6.45, 7) is 5.75. The smallest absolute Gasteiger partial charge is 0.265 e. The summed E-state index contributed by atoms with van der Waals surface area (Å²) >= 11 is 0. The number of anilines is 1. The number of nitrogens with one attached hydrogen (secondary N) is 1. The van der Waals surface area contributed by atoms with Gasteiger partial charge in [0.05, 0.1) is 0 Å². The molecule has 1 N–H and O–H groups in total. The topological polar surface area (TPSA) is 47.6 Å². The molecule has 2 aromatic rings. The summed E-state index contributed by atoms with van der Waals surface area (Å²) in [6.07, 6.45) is 1.09. The van der Waals surface area contributed by atoms with Crippen LogP contribution in [-0.2, 0) is 4.79 Å². The zero-order chi connectivity index (χ0) is 15.8. The van der Waals surface area contributed by atoms with Crippen molar-refractivity contribution in [2.75, 3.05) is 11.9 Å². The maximum Gasteiger partial charge on any atom is 0.265 e. The molecule has 2 rings (SSSR count). The molecule has 0 unspecified atom stereocenters. The Hall–Kier alpha value is -2.75. The third-order valence-corrected chi connectivity index (χ3v) is 2.91. The second kappa shape index (κ2) is 7.88. The van der Waals surface area contributed by atoms with Gasteiger partial charge >= 0.3 is 0 Å². The Labute approximate surface area is 130 Å². The second-order valence-electron chi connectivity index (χ2n) is 4.69. The van der Waals surface area contributed by atoms with Crippen molar-refractivity contribution >= 4 is 11.6 Å². The monoisotopic (exact) mass is 297 g/mol. The van der Waals surface area contributed by atoms with E-state index in [1.165, 1.54) is 0 Å². The lowest BCUT2D eigenvalue weighted by Crippen LogP contribution is -2.30. The van der Waals surface area contributed by atoms with Crippen LogP contribution < -0.4 is 14.8 Å². The van der Waals surface area contributed by atoms with Crippen molar-refractivity contribution in [3.63, 3.8) is 0 Å². The van der Waals surface area contributed by atoms with Crippen molar-refractivity contribution in [1.29, 1.82) is 0 Å².